The maximum atomic E-state index is 12.1. The molecular weight excluding hydrogens is 252 g/mol. The van der Waals surface area contributed by atoms with Crippen molar-refractivity contribution in [3.05, 3.63) is 11.1 Å². The zero-order valence-electron chi connectivity index (χ0n) is 10.2. The number of hydrogen-bond donors (Lipinski definition) is 2. The second-order valence-electron chi connectivity index (χ2n) is 3.98. The van der Waals surface area contributed by atoms with E-state index in [0.717, 1.165) is 13.1 Å². The van der Waals surface area contributed by atoms with Crippen molar-refractivity contribution in [2.24, 2.45) is 0 Å². The molecule has 2 amide bonds. The van der Waals surface area contributed by atoms with Gasteiger partial charge in [-0.3, -0.25) is 9.59 Å². The Labute approximate surface area is 109 Å². The zero-order valence-corrected chi connectivity index (χ0v) is 11.0. The lowest BCUT2D eigenvalue weighted by Crippen LogP contribution is -2.46. The predicted octanol–water partition coefficient (Wildman–Crippen LogP) is 0.537. The van der Waals surface area contributed by atoms with E-state index in [0.29, 0.717) is 30.3 Å². The minimum atomic E-state index is -0.0921. The Balaban J connectivity index is 2.00. The number of rotatable bonds is 3. The highest BCUT2D eigenvalue weighted by atomic mass is 32.1. The van der Waals surface area contributed by atoms with E-state index < -0.39 is 0 Å². The summed E-state index contributed by atoms with van der Waals surface area (Å²) < 4.78 is 0. The van der Waals surface area contributed by atoms with Crippen molar-refractivity contribution in [2.45, 2.75) is 13.3 Å². The van der Waals surface area contributed by atoms with Crippen LogP contribution in [-0.2, 0) is 4.79 Å². The molecule has 0 aromatic carbocycles. The van der Waals surface area contributed by atoms with Crippen molar-refractivity contribution in [2.75, 3.05) is 31.5 Å². The summed E-state index contributed by atoms with van der Waals surface area (Å²) in [5.41, 5.74) is 0.410. The average molecular weight is 268 g/mol. The van der Waals surface area contributed by atoms with Gasteiger partial charge in [-0.05, 0) is 0 Å². The Kier molecular flexibility index (Phi) is 4.27. The third-order valence-electron chi connectivity index (χ3n) is 2.69. The van der Waals surface area contributed by atoms with Gasteiger partial charge in [0.05, 0.1) is 0 Å². The van der Waals surface area contributed by atoms with Crippen molar-refractivity contribution in [1.29, 1.82) is 0 Å². The van der Waals surface area contributed by atoms with Crippen LogP contribution in [0, 0.1) is 0 Å². The Morgan fingerprint density at radius 1 is 1.50 bits per heavy atom. The van der Waals surface area contributed by atoms with E-state index in [1.165, 1.54) is 11.3 Å². The maximum absolute atomic E-state index is 12.1. The van der Waals surface area contributed by atoms with Gasteiger partial charge in [0.25, 0.3) is 5.91 Å². The molecule has 2 rings (SSSR count). The largest absolute Gasteiger partial charge is 0.335 e. The van der Waals surface area contributed by atoms with Crippen LogP contribution in [0.25, 0.3) is 0 Å². The van der Waals surface area contributed by atoms with Crippen molar-refractivity contribution in [3.63, 3.8) is 0 Å². The summed E-state index contributed by atoms with van der Waals surface area (Å²) in [7, 11) is 0. The van der Waals surface area contributed by atoms with Gasteiger partial charge in [-0.2, -0.15) is 0 Å². The lowest BCUT2D eigenvalue weighted by Gasteiger charge is -2.26. The lowest BCUT2D eigenvalue weighted by molar-refractivity contribution is -0.115. The molecule has 0 radical (unpaired) electrons. The van der Waals surface area contributed by atoms with Crippen LogP contribution in [0.3, 0.4) is 0 Å². The summed E-state index contributed by atoms with van der Waals surface area (Å²) in [5.74, 6) is -0.157. The molecule has 1 aliphatic rings. The molecule has 0 bridgehead atoms. The monoisotopic (exact) mass is 268 g/mol. The fraction of sp³-hybridized carbons (Fsp3) is 0.545. The van der Waals surface area contributed by atoms with E-state index >= 15 is 0 Å². The zero-order chi connectivity index (χ0) is 13.0. The van der Waals surface area contributed by atoms with Gasteiger partial charge in [-0.25, -0.2) is 4.98 Å². The molecular formula is C11H16N4O2S. The van der Waals surface area contributed by atoms with E-state index in [9.17, 15) is 9.59 Å². The van der Waals surface area contributed by atoms with E-state index in [2.05, 4.69) is 15.6 Å². The summed E-state index contributed by atoms with van der Waals surface area (Å²) >= 11 is 1.28. The van der Waals surface area contributed by atoms with Crippen LogP contribution in [0.5, 0.6) is 0 Å². The van der Waals surface area contributed by atoms with E-state index in [-0.39, 0.29) is 11.8 Å². The van der Waals surface area contributed by atoms with Gasteiger partial charge >= 0.3 is 0 Å². The number of carbonyl (C=O) groups excluding carboxylic acids is 2. The SMILES string of the molecule is CCC(=O)Nc1nc(C(=O)N2CCNCC2)cs1. The number of aromatic nitrogens is 1. The molecule has 0 saturated carbocycles. The lowest BCUT2D eigenvalue weighted by atomic mass is 10.3. The topological polar surface area (TPSA) is 74.3 Å². The van der Waals surface area contributed by atoms with Gasteiger partial charge in [-0.15, -0.1) is 11.3 Å². The fourth-order valence-electron chi connectivity index (χ4n) is 1.67. The van der Waals surface area contributed by atoms with E-state index in [1.54, 1.807) is 17.2 Å². The molecule has 1 aromatic heterocycles. The van der Waals surface area contributed by atoms with Crippen molar-refractivity contribution in [1.82, 2.24) is 15.2 Å². The Morgan fingerprint density at radius 2 is 2.22 bits per heavy atom. The molecule has 1 aliphatic heterocycles. The normalized spacial score (nSPS) is 15.5. The van der Waals surface area contributed by atoms with Crippen molar-refractivity contribution in [3.8, 4) is 0 Å². The molecule has 6 nitrogen and oxygen atoms in total. The second kappa shape index (κ2) is 5.92. The van der Waals surface area contributed by atoms with Gasteiger partial charge in [0.1, 0.15) is 5.69 Å². The highest BCUT2D eigenvalue weighted by Crippen LogP contribution is 2.17. The third-order valence-corrected chi connectivity index (χ3v) is 3.45. The molecule has 18 heavy (non-hydrogen) atoms. The molecule has 7 heteroatoms. The fourth-order valence-corrected chi connectivity index (χ4v) is 2.37. The molecule has 0 atom stereocenters. The second-order valence-corrected chi connectivity index (χ2v) is 4.84. The quantitative estimate of drug-likeness (QED) is 0.839. The van der Waals surface area contributed by atoms with Crippen LogP contribution < -0.4 is 10.6 Å². The molecule has 1 fully saturated rings. The van der Waals surface area contributed by atoms with Crippen molar-refractivity contribution < 1.29 is 9.59 Å². The number of nitrogens with zero attached hydrogens (tertiary/aromatic N) is 2. The summed E-state index contributed by atoms with van der Waals surface area (Å²) in [4.78, 5) is 29.2. The number of nitrogens with one attached hydrogen (secondary N) is 2. The maximum Gasteiger partial charge on any atom is 0.273 e. The van der Waals surface area contributed by atoms with Crippen LogP contribution >= 0.6 is 11.3 Å². The molecule has 1 saturated heterocycles. The first kappa shape index (κ1) is 13.0. The van der Waals surface area contributed by atoms with Gasteiger partial charge < -0.3 is 15.5 Å². The van der Waals surface area contributed by atoms with Crippen molar-refractivity contribution >= 4 is 28.3 Å². The highest BCUT2D eigenvalue weighted by Gasteiger charge is 2.20. The van der Waals surface area contributed by atoms with E-state index in [4.69, 9.17) is 0 Å². The molecule has 1 aromatic rings. The van der Waals surface area contributed by atoms with Crippen LogP contribution in [-0.4, -0.2) is 47.9 Å². The molecule has 2 N–H and O–H groups in total. The molecule has 2 heterocycles. The Hall–Kier alpha value is -1.47. The van der Waals surface area contributed by atoms with Gasteiger partial charge in [0, 0.05) is 38.0 Å². The molecule has 0 unspecified atom stereocenters. The van der Waals surface area contributed by atoms with Crippen LogP contribution in [0.4, 0.5) is 5.13 Å². The first-order chi connectivity index (χ1) is 8.70. The van der Waals surface area contributed by atoms with Gasteiger partial charge in [-0.1, -0.05) is 6.92 Å². The minimum Gasteiger partial charge on any atom is -0.335 e. The number of thiazole rings is 1. The standard InChI is InChI=1S/C11H16N4O2S/c1-2-9(16)14-11-13-8(7-18-11)10(17)15-5-3-12-4-6-15/h7,12H,2-6H2,1H3,(H,13,14,16). The third kappa shape index (κ3) is 3.05. The van der Waals surface area contributed by atoms with Crippen LogP contribution in [0.15, 0.2) is 5.38 Å². The molecule has 0 spiro atoms. The first-order valence-corrected chi connectivity index (χ1v) is 6.84. The number of hydrogen-bond acceptors (Lipinski definition) is 5. The number of piperazine rings is 1. The highest BCUT2D eigenvalue weighted by molar-refractivity contribution is 7.14. The smallest absolute Gasteiger partial charge is 0.273 e. The van der Waals surface area contributed by atoms with Gasteiger partial charge in [0.15, 0.2) is 5.13 Å². The summed E-state index contributed by atoms with van der Waals surface area (Å²) in [6.07, 6.45) is 0.403. The Bertz CT molecular complexity index is 440. The number of carbonyl (C=O) groups is 2. The van der Waals surface area contributed by atoms with Crippen LogP contribution in [0.2, 0.25) is 0 Å². The molecule has 0 aliphatic carbocycles. The van der Waals surface area contributed by atoms with E-state index in [1.807, 2.05) is 0 Å². The minimum absolute atomic E-state index is 0.0650. The number of anilines is 1. The average Bonchev–Trinajstić information content (AvgIpc) is 2.87. The first-order valence-electron chi connectivity index (χ1n) is 5.96. The van der Waals surface area contributed by atoms with Gasteiger partial charge in [0.2, 0.25) is 5.91 Å². The summed E-state index contributed by atoms with van der Waals surface area (Å²) in [6, 6.07) is 0. The summed E-state index contributed by atoms with van der Waals surface area (Å²) in [6.45, 7) is 4.81. The predicted molar refractivity (Wildman–Crippen MR) is 69.8 cm³/mol. The van der Waals surface area contributed by atoms with Crippen LogP contribution in [0.1, 0.15) is 23.8 Å². The molecule has 98 valence electrons. The number of amides is 2. The summed E-state index contributed by atoms with van der Waals surface area (Å²) in [5, 5.41) is 8.02. The Morgan fingerprint density at radius 3 is 2.89 bits per heavy atom.